The number of carbonyl (C=O) groups excluding carboxylic acids is 1. The minimum absolute atomic E-state index is 0.0781. The van der Waals surface area contributed by atoms with Crippen LogP contribution < -0.4 is 0 Å². The number of esters is 1. The summed E-state index contributed by atoms with van der Waals surface area (Å²) in [4.78, 5) is 11.8. The van der Waals surface area contributed by atoms with Gasteiger partial charge in [0.25, 0.3) is 0 Å². The van der Waals surface area contributed by atoms with Crippen LogP contribution >= 0.6 is 22.6 Å². The zero-order valence-electron chi connectivity index (χ0n) is 10.8. The number of ether oxygens (including phenoxy) is 2. The Balaban J connectivity index is 1.91. The van der Waals surface area contributed by atoms with E-state index in [9.17, 15) is 4.79 Å². The van der Waals surface area contributed by atoms with Crippen molar-refractivity contribution in [1.82, 2.24) is 0 Å². The maximum atomic E-state index is 11.8. The summed E-state index contributed by atoms with van der Waals surface area (Å²) in [5, 5.41) is 0. The lowest BCUT2D eigenvalue weighted by Gasteiger charge is -2.26. The Hall–Kier alpha value is 0.160. The van der Waals surface area contributed by atoms with Crippen LogP contribution in [-0.2, 0) is 14.3 Å². The highest BCUT2D eigenvalue weighted by Gasteiger charge is 2.55. The van der Waals surface area contributed by atoms with Gasteiger partial charge in [-0.2, -0.15) is 0 Å². The summed E-state index contributed by atoms with van der Waals surface area (Å²) in [5.74, 6) is -0.130. The summed E-state index contributed by atoms with van der Waals surface area (Å²) >= 11 is 2.40. The van der Waals surface area contributed by atoms with Crippen molar-refractivity contribution in [3.05, 3.63) is 0 Å². The Morgan fingerprint density at radius 3 is 2.18 bits per heavy atom. The zero-order chi connectivity index (χ0) is 12.7. The Bertz CT molecular complexity index is 311. The molecule has 2 bridgehead atoms. The van der Waals surface area contributed by atoms with Crippen LogP contribution in [0.3, 0.4) is 0 Å². The molecule has 98 valence electrons. The number of fused-ring (bicyclic) bond motifs is 2. The molecule has 2 heterocycles. The van der Waals surface area contributed by atoms with Crippen LogP contribution in [0.5, 0.6) is 0 Å². The molecule has 17 heavy (non-hydrogen) atoms. The zero-order valence-corrected chi connectivity index (χ0v) is 13.0. The molecule has 0 radical (unpaired) electrons. The number of alkyl halides is 1. The first-order valence-electron chi connectivity index (χ1n) is 6.24. The molecular formula is C13H21IO3. The fraction of sp³-hybridized carbons (Fsp3) is 0.923. The second kappa shape index (κ2) is 4.37. The smallest absolute Gasteiger partial charge is 0.311 e. The number of carbonyl (C=O) groups is 1. The molecule has 2 saturated heterocycles. The van der Waals surface area contributed by atoms with E-state index in [2.05, 4.69) is 22.6 Å². The highest BCUT2D eigenvalue weighted by atomic mass is 127. The predicted molar refractivity (Wildman–Crippen MR) is 74.3 cm³/mol. The van der Waals surface area contributed by atoms with Gasteiger partial charge in [0, 0.05) is 4.43 Å². The molecule has 0 saturated carbocycles. The molecule has 2 aliphatic rings. The van der Waals surface area contributed by atoms with Crippen LogP contribution in [-0.4, -0.2) is 28.2 Å². The topological polar surface area (TPSA) is 35.5 Å². The molecule has 0 N–H and O–H groups in total. The van der Waals surface area contributed by atoms with Gasteiger partial charge >= 0.3 is 5.97 Å². The molecule has 0 amide bonds. The van der Waals surface area contributed by atoms with Crippen LogP contribution in [0.1, 0.15) is 46.5 Å². The molecular weight excluding hydrogens is 331 g/mol. The van der Waals surface area contributed by atoms with Gasteiger partial charge in [0.1, 0.15) is 12.2 Å². The van der Waals surface area contributed by atoms with E-state index in [1.54, 1.807) is 0 Å². The van der Waals surface area contributed by atoms with Gasteiger partial charge in [-0.05, 0) is 46.5 Å². The van der Waals surface area contributed by atoms with Crippen molar-refractivity contribution in [1.29, 1.82) is 0 Å². The van der Waals surface area contributed by atoms with Crippen LogP contribution in [0, 0.1) is 5.41 Å². The third kappa shape index (κ3) is 2.62. The van der Waals surface area contributed by atoms with Crippen LogP contribution in [0.15, 0.2) is 0 Å². The van der Waals surface area contributed by atoms with E-state index < -0.39 is 5.41 Å². The number of rotatable bonds is 3. The van der Waals surface area contributed by atoms with E-state index in [0.29, 0.717) is 6.61 Å². The summed E-state index contributed by atoms with van der Waals surface area (Å²) < 4.78 is 12.7. The molecule has 3 nitrogen and oxygen atoms in total. The lowest BCUT2D eigenvalue weighted by molar-refractivity contribution is -0.162. The van der Waals surface area contributed by atoms with Gasteiger partial charge < -0.3 is 9.47 Å². The summed E-state index contributed by atoms with van der Waals surface area (Å²) in [7, 11) is 0. The highest BCUT2D eigenvalue weighted by Crippen LogP contribution is 2.51. The van der Waals surface area contributed by atoms with E-state index in [-0.39, 0.29) is 17.2 Å². The van der Waals surface area contributed by atoms with Gasteiger partial charge in [0.05, 0.1) is 11.0 Å². The maximum absolute atomic E-state index is 11.8. The van der Waals surface area contributed by atoms with Crippen molar-refractivity contribution >= 4 is 28.6 Å². The number of halogens is 1. The van der Waals surface area contributed by atoms with Gasteiger partial charge in [0.2, 0.25) is 0 Å². The molecule has 0 aromatic rings. The average molecular weight is 352 g/mol. The molecule has 2 fully saturated rings. The van der Waals surface area contributed by atoms with Gasteiger partial charge in [-0.1, -0.05) is 22.6 Å². The van der Waals surface area contributed by atoms with Crippen LogP contribution in [0.2, 0.25) is 0 Å². The fourth-order valence-corrected chi connectivity index (χ4v) is 3.49. The lowest BCUT2D eigenvalue weighted by atomic mass is 9.83. The monoisotopic (exact) mass is 352 g/mol. The number of hydrogen-bond acceptors (Lipinski definition) is 3. The molecule has 0 aromatic carbocycles. The van der Waals surface area contributed by atoms with Crippen molar-refractivity contribution in [2.24, 2.45) is 5.41 Å². The molecule has 0 aliphatic carbocycles. The van der Waals surface area contributed by atoms with E-state index in [0.717, 1.165) is 30.1 Å². The fourth-order valence-electron chi connectivity index (χ4n) is 2.57. The average Bonchev–Trinajstić information content (AvgIpc) is 2.81. The summed E-state index contributed by atoms with van der Waals surface area (Å²) in [6.07, 6.45) is 4.30. The SMILES string of the molecule is CC(C)(C)C(=O)OCC12CCC(CI)(CC1)O2. The highest BCUT2D eigenvalue weighted by molar-refractivity contribution is 14.1. The molecule has 4 heteroatoms. The molecule has 0 unspecified atom stereocenters. The second-order valence-corrected chi connectivity index (χ2v) is 7.19. The maximum Gasteiger partial charge on any atom is 0.311 e. The largest absolute Gasteiger partial charge is 0.462 e. The van der Waals surface area contributed by atoms with Crippen molar-refractivity contribution in [2.75, 3.05) is 11.0 Å². The lowest BCUT2D eigenvalue weighted by Crippen LogP contribution is -2.35. The van der Waals surface area contributed by atoms with Crippen molar-refractivity contribution < 1.29 is 14.3 Å². The second-order valence-electron chi connectivity index (χ2n) is 6.43. The molecule has 2 aliphatic heterocycles. The Morgan fingerprint density at radius 2 is 1.76 bits per heavy atom. The predicted octanol–water partition coefficient (Wildman–Crippen LogP) is 3.09. The first-order valence-corrected chi connectivity index (χ1v) is 7.77. The summed E-state index contributed by atoms with van der Waals surface area (Å²) in [5.41, 5.74) is -0.519. The van der Waals surface area contributed by atoms with Crippen LogP contribution in [0.25, 0.3) is 0 Å². The van der Waals surface area contributed by atoms with Crippen molar-refractivity contribution in [3.63, 3.8) is 0 Å². The van der Waals surface area contributed by atoms with Gasteiger partial charge in [-0.3, -0.25) is 4.79 Å². The van der Waals surface area contributed by atoms with Crippen molar-refractivity contribution in [3.8, 4) is 0 Å². The van der Waals surface area contributed by atoms with Gasteiger partial charge in [-0.25, -0.2) is 0 Å². The van der Waals surface area contributed by atoms with E-state index >= 15 is 0 Å². The van der Waals surface area contributed by atoms with E-state index in [4.69, 9.17) is 9.47 Å². The van der Waals surface area contributed by atoms with Crippen LogP contribution in [0.4, 0.5) is 0 Å². The Kier molecular flexibility index (Phi) is 3.49. The van der Waals surface area contributed by atoms with Crippen molar-refractivity contribution in [2.45, 2.75) is 57.7 Å². The van der Waals surface area contributed by atoms with Gasteiger partial charge in [0.15, 0.2) is 0 Å². The third-order valence-electron chi connectivity index (χ3n) is 3.83. The molecule has 0 spiro atoms. The minimum Gasteiger partial charge on any atom is -0.462 e. The summed E-state index contributed by atoms with van der Waals surface area (Å²) in [6, 6.07) is 0. The first kappa shape index (κ1) is 13.6. The minimum atomic E-state index is -0.422. The molecule has 0 atom stereocenters. The first-order chi connectivity index (χ1) is 7.81. The third-order valence-corrected chi connectivity index (χ3v) is 5.22. The quantitative estimate of drug-likeness (QED) is 0.445. The van der Waals surface area contributed by atoms with E-state index in [1.807, 2.05) is 20.8 Å². The standard InChI is InChI=1S/C13H21IO3/c1-11(2,3)10(15)16-9-13-6-4-12(8-14,17-13)5-7-13/h4-9H2,1-3H3. The summed E-state index contributed by atoms with van der Waals surface area (Å²) in [6.45, 7) is 6.08. The Morgan fingerprint density at radius 1 is 1.24 bits per heavy atom. The van der Waals surface area contributed by atoms with Gasteiger partial charge in [-0.15, -0.1) is 0 Å². The number of hydrogen-bond donors (Lipinski definition) is 0. The van der Waals surface area contributed by atoms with E-state index in [1.165, 1.54) is 0 Å². The normalized spacial score (nSPS) is 36.2. The molecule has 2 rings (SSSR count). The Labute approximate surface area is 117 Å². The molecule has 0 aromatic heterocycles.